The fraction of sp³-hybridized carbons (Fsp3) is 0.0417. The number of aromatic amines is 2. The van der Waals surface area contributed by atoms with Crippen molar-refractivity contribution in [3.63, 3.8) is 0 Å². The number of hydrogen-bond acceptors (Lipinski definition) is 10. The van der Waals surface area contributed by atoms with Gasteiger partial charge in [-0.25, -0.2) is 9.97 Å². The standard InChI is InChI=1S/C24H17N3O3.C18H13ClN2O.C6H6BNO4/c1-30-20-8-5-15(6-9-20)17-7-10-23-21(12-17)22-13-18(14-25-24(22)26-23)16-3-2-4-19(11-16)27(28)29;1-22-14-5-2-11(3-6-14)12-4-7-17-15(8-12)16-9-13(19)10-20-18(16)21-17;9-7(10)5-2-1-3-6(4-5)8(11)12/h2-14H,1H3,(H,25,26);2-10H,1H3,(H,20,21);1-4,9-10H. The van der Waals surface area contributed by atoms with E-state index in [0.717, 1.165) is 94.8 Å². The number of methoxy groups -OCH3 is 2. The molecule has 16 heteroatoms. The molecule has 64 heavy (non-hydrogen) atoms. The van der Waals surface area contributed by atoms with Gasteiger partial charge >= 0.3 is 7.12 Å². The number of rotatable bonds is 8. The lowest BCUT2D eigenvalue weighted by atomic mass is 9.80. The maximum absolute atomic E-state index is 11.1. The first-order chi connectivity index (χ1) is 31.0. The highest BCUT2D eigenvalue weighted by Gasteiger charge is 2.15. The molecule has 4 N–H and O–H groups in total. The van der Waals surface area contributed by atoms with Gasteiger partial charge in [0.25, 0.3) is 11.4 Å². The molecule has 6 aromatic carbocycles. The first kappa shape index (κ1) is 42.6. The number of ether oxygens (including phenoxy) is 2. The third-order valence-corrected chi connectivity index (χ3v) is 10.7. The Morgan fingerprint density at radius 1 is 0.531 bits per heavy atom. The van der Waals surface area contributed by atoms with Crippen LogP contribution in [0.2, 0.25) is 5.02 Å². The number of hydrogen-bond donors (Lipinski definition) is 4. The second kappa shape index (κ2) is 18.5. The zero-order valence-electron chi connectivity index (χ0n) is 34.1. The van der Waals surface area contributed by atoms with E-state index in [-0.39, 0.29) is 21.8 Å². The van der Waals surface area contributed by atoms with Crippen LogP contribution in [0, 0.1) is 20.2 Å². The van der Waals surface area contributed by atoms with E-state index in [4.69, 9.17) is 31.1 Å². The molecule has 0 aliphatic rings. The molecule has 0 fully saturated rings. The Bertz CT molecular complexity index is 3320. The summed E-state index contributed by atoms with van der Waals surface area (Å²) in [7, 11) is 1.66. The van der Waals surface area contributed by atoms with Crippen molar-refractivity contribution in [1.82, 2.24) is 19.9 Å². The Balaban J connectivity index is 0.000000144. The van der Waals surface area contributed by atoms with E-state index in [2.05, 4.69) is 62.4 Å². The fourth-order valence-electron chi connectivity index (χ4n) is 7.20. The van der Waals surface area contributed by atoms with Crippen LogP contribution >= 0.6 is 11.6 Å². The van der Waals surface area contributed by atoms with Gasteiger partial charge < -0.3 is 29.5 Å². The minimum absolute atomic E-state index is 0.0633. The molecule has 4 aromatic heterocycles. The van der Waals surface area contributed by atoms with Gasteiger partial charge in [-0.1, -0.05) is 72.3 Å². The number of nitrogens with one attached hydrogen (secondary N) is 2. The Morgan fingerprint density at radius 2 is 0.984 bits per heavy atom. The van der Waals surface area contributed by atoms with Gasteiger partial charge in [0.15, 0.2) is 0 Å². The topological polar surface area (TPSA) is 203 Å². The molecule has 0 aliphatic heterocycles. The summed E-state index contributed by atoms with van der Waals surface area (Å²) in [6.45, 7) is 0. The van der Waals surface area contributed by atoms with Crippen molar-refractivity contribution in [2.24, 2.45) is 0 Å². The molecule has 0 aliphatic carbocycles. The number of benzene rings is 6. The largest absolute Gasteiger partial charge is 0.497 e. The molecule has 4 heterocycles. The number of pyridine rings is 2. The predicted molar refractivity (Wildman–Crippen MR) is 251 cm³/mol. The summed E-state index contributed by atoms with van der Waals surface area (Å²) < 4.78 is 10.4. The van der Waals surface area contributed by atoms with E-state index in [0.29, 0.717) is 5.02 Å². The maximum Gasteiger partial charge on any atom is 0.488 e. The van der Waals surface area contributed by atoms with E-state index < -0.39 is 12.0 Å². The van der Waals surface area contributed by atoms with Crippen LogP contribution in [0.1, 0.15) is 0 Å². The van der Waals surface area contributed by atoms with Crippen molar-refractivity contribution in [3.05, 3.63) is 183 Å². The van der Waals surface area contributed by atoms with E-state index >= 15 is 0 Å². The van der Waals surface area contributed by atoms with Crippen molar-refractivity contribution in [1.29, 1.82) is 0 Å². The predicted octanol–water partition coefficient (Wildman–Crippen LogP) is 10.3. The van der Waals surface area contributed by atoms with Crippen molar-refractivity contribution >= 4 is 79.4 Å². The minimum atomic E-state index is -1.66. The summed E-state index contributed by atoms with van der Waals surface area (Å²) in [5, 5.41) is 43.5. The van der Waals surface area contributed by atoms with Crippen LogP contribution in [0.3, 0.4) is 0 Å². The first-order valence-corrected chi connectivity index (χ1v) is 20.0. The Hall–Kier alpha value is -8.11. The zero-order valence-corrected chi connectivity index (χ0v) is 34.9. The second-order valence-corrected chi connectivity index (χ2v) is 14.9. The SMILES string of the molecule is COc1ccc(-c2ccc3[nH]c4ncc(-c5cccc([N+](=O)[O-])c5)cc4c3c2)cc1.COc1ccc(-c2ccc3[nH]c4ncc(Cl)cc4c3c2)cc1.O=[N+]([O-])c1cccc(B(O)O)c1. The van der Waals surface area contributed by atoms with E-state index in [1.807, 2.05) is 60.7 Å². The summed E-state index contributed by atoms with van der Waals surface area (Å²) >= 11 is 6.08. The van der Waals surface area contributed by atoms with Gasteiger partial charge in [0.2, 0.25) is 0 Å². The van der Waals surface area contributed by atoms with Crippen LogP contribution < -0.4 is 14.9 Å². The number of H-pyrrole nitrogens is 2. The average Bonchev–Trinajstić information content (AvgIpc) is 3.88. The molecule has 10 rings (SSSR count). The number of aromatic nitrogens is 4. The van der Waals surface area contributed by atoms with Crippen LogP contribution in [0.4, 0.5) is 11.4 Å². The molecular weight excluding hydrogens is 835 g/mol. The third kappa shape index (κ3) is 9.22. The molecule has 0 saturated carbocycles. The molecule has 0 amide bonds. The molecule has 0 spiro atoms. The normalized spacial score (nSPS) is 10.8. The lowest BCUT2D eigenvalue weighted by Gasteiger charge is -2.05. The highest BCUT2D eigenvalue weighted by atomic mass is 35.5. The van der Waals surface area contributed by atoms with Crippen LogP contribution in [0.5, 0.6) is 11.5 Å². The summed E-state index contributed by atoms with van der Waals surface area (Å²) in [6.07, 6.45) is 3.39. The number of fused-ring (bicyclic) bond motifs is 6. The van der Waals surface area contributed by atoms with Crippen LogP contribution in [0.25, 0.3) is 77.3 Å². The average molecular weight is 871 g/mol. The summed E-state index contributed by atoms with van der Waals surface area (Å²) in [4.78, 5) is 35.9. The number of halogens is 1. The Kier molecular flexibility index (Phi) is 12.3. The van der Waals surface area contributed by atoms with Gasteiger partial charge in [-0.05, 0) is 93.9 Å². The van der Waals surface area contributed by atoms with Gasteiger partial charge in [-0.3, -0.25) is 20.2 Å². The highest BCUT2D eigenvalue weighted by molar-refractivity contribution is 6.58. The number of nitro benzene ring substituents is 2. The minimum Gasteiger partial charge on any atom is -0.497 e. The van der Waals surface area contributed by atoms with E-state index in [9.17, 15) is 20.2 Å². The van der Waals surface area contributed by atoms with Crippen molar-refractivity contribution in [2.45, 2.75) is 0 Å². The molecule has 0 unspecified atom stereocenters. The van der Waals surface area contributed by atoms with Crippen molar-refractivity contribution in [2.75, 3.05) is 14.2 Å². The smallest absolute Gasteiger partial charge is 0.488 e. The molecule has 10 aromatic rings. The summed E-state index contributed by atoms with van der Waals surface area (Å²) in [5.74, 6) is 1.67. The highest BCUT2D eigenvalue weighted by Crippen LogP contribution is 2.34. The number of nitro groups is 2. The second-order valence-electron chi connectivity index (χ2n) is 14.4. The Morgan fingerprint density at radius 3 is 1.50 bits per heavy atom. The zero-order chi connectivity index (χ0) is 44.9. The van der Waals surface area contributed by atoms with Crippen molar-refractivity contribution in [3.8, 4) is 44.9 Å². The van der Waals surface area contributed by atoms with Gasteiger partial charge in [0, 0.05) is 74.8 Å². The molecule has 0 saturated heterocycles. The van der Waals surface area contributed by atoms with Gasteiger partial charge in [-0.2, -0.15) is 0 Å². The monoisotopic (exact) mass is 870 g/mol. The van der Waals surface area contributed by atoms with E-state index in [1.54, 1.807) is 38.7 Å². The number of non-ortho nitro benzene ring substituents is 2. The lowest BCUT2D eigenvalue weighted by molar-refractivity contribution is -0.385. The Labute approximate surface area is 369 Å². The lowest BCUT2D eigenvalue weighted by Crippen LogP contribution is -2.29. The third-order valence-electron chi connectivity index (χ3n) is 10.5. The molecule has 0 radical (unpaired) electrons. The number of nitrogens with zero attached hydrogens (tertiary/aromatic N) is 4. The molecule has 316 valence electrons. The van der Waals surface area contributed by atoms with Gasteiger partial charge in [0.1, 0.15) is 22.8 Å². The van der Waals surface area contributed by atoms with Crippen LogP contribution in [0.15, 0.2) is 158 Å². The molecule has 14 nitrogen and oxygen atoms in total. The fourth-order valence-corrected chi connectivity index (χ4v) is 7.36. The maximum atomic E-state index is 11.1. The summed E-state index contributed by atoms with van der Waals surface area (Å²) in [6, 6.07) is 44.3. The quantitative estimate of drug-likeness (QED) is 0.0646. The first-order valence-electron chi connectivity index (χ1n) is 19.6. The van der Waals surface area contributed by atoms with Crippen LogP contribution in [-0.2, 0) is 0 Å². The van der Waals surface area contributed by atoms with Crippen molar-refractivity contribution < 1.29 is 29.4 Å². The van der Waals surface area contributed by atoms with Crippen LogP contribution in [-0.4, -0.2) is 61.2 Å². The summed E-state index contributed by atoms with van der Waals surface area (Å²) in [5.41, 5.74) is 9.79. The molecule has 0 atom stereocenters. The molecular formula is C48H36BClN6O8. The van der Waals surface area contributed by atoms with E-state index in [1.165, 1.54) is 24.3 Å². The molecule has 0 bridgehead atoms. The van der Waals surface area contributed by atoms with Gasteiger partial charge in [0.05, 0.1) is 29.1 Å². The van der Waals surface area contributed by atoms with Gasteiger partial charge in [-0.15, -0.1) is 0 Å².